The summed E-state index contributed by atoms with van der Waals surface area (Å²) >= 11 is 0. The molecule has 1 aromatic carbocycles. The fourth-order valence-electron chi connectivity index (χ4n) is 1.35. The molecule has 114 valence electrons. The fourth-order valence-corrected chi connectivity index (χ4v) is 2.25. The maximum atomic E-state index is 12.0. The minimum Gasteiger partial charge on any atom is -0.490 e. The topological polar surface area (TPSA) is 84.7 Å². The molecule has 0 aromatic heterocycles. The minimum absolute atomic E-state index is 0.0505. The van der Waals surface area contributed by atoms with Gasteiger partial charge in [-0.2, -0.15) is 0 Å². The van der Waals surface area contributed by atoms with Gasteiger partial charge in [0.25, 0.3) is 0 Å². The van der Waals surface area contributed by atoms with E-state index in [1.165, 1.54) is 13.1 Å². The number of sulfonamides is 1. The third-order valence-corrected chi connectivity index (χ3v) is 4.75. The maximum Gasteiger partial charge on any atom is 0.244 e. The highest BCUT2D eigenvalue weighted by atomic mass is 32.2. The van der Waals surface area contributed by atoms with Crippen LogP contribution in [0.4, 0.5) is 5.69 Å². The standard InChI is InChI=1S/C13H23N3O3S/c1-13(2,16(4)5)9-19-11-7-6-10(14)8-12(11)20(17,18)15-3/h6-8,15H,9,14H2,1-5H3. The van der Waals surface area contributed by atoms with Gasteiger partial charge in [0.1, 0.15) is 17.3 Å². The zero-order valence-electron chi connectivity index (χ0n) is 12.6. The Bertz CT molecular complexity index is 568. The van der Waals surface area contributed by atoms with E-state index >= 15 is 0 Å². The van der Waals surface area contributed by atoms with E-state index < -0.39 is 10.0 Å². The summed E-state index contributed by atoms with van der Waals surface area (Å²) in [7, 11) is 1.63. The van der Waals surface area contributed by atoms with Gasteiger partial charge in [-0.3, -0.25) is 0 Å². The molecular formula is C13H23N3O3S. The average molecular weight is 301 g/mol. The third-order valence-electron chi connectivity index (χ3n) is 3.32. The van der Waals surface area contributed by atoms with Gasteiger partial charge in [0.05, 0.1) is 0 Å². The molecule has 0 bridgehead atoms. The van der Waals surface area contributed by atoms with Crippen molar-refractivity contribution in [1.82, 2.24) is 9.62 Å². The summed E-state index contributed by atoms with van der Waals surface area (Å²) in [4.78, 5) is 2.06. The predicted molar refractivity (Wildman–Crippen MR) is 80.4 cm³/mol. The molecule has 7 heteroatoms. The Hall–Kier alpha value is -1.31. The van der Waals surface area contributed by atoms with Gasteiger partial charge in [0.2, 0.25) is 10.0 Å². The normalized spacial score (nSPS) is 12.7. The first-order valence-corrected chi connectivity index (χ1v) is 7.72. The number of nitrogens with one attached hydrogen (secondary N) is 1. The van der Waals surface area contributed by atoms with E-state index in [2.05, 4.69) is 4.72 Å². The number of nitrogen functional groups attached to an aromatic ring is 1. The second kappa shape index (κ2) is 5.99. The summed E-state index contributed by atoms with van der Waals surface area (Å²) in [6, 6.07) is 4.59. The first kappa shape index (κ1) is 16.7. The molecule has 0 amide bonds. The maximum absolute atomic E-state index is 12.0. The number of nitrogens with two attached hydrogens (primary N) is 1. The van der Waals surface area contributed by atoms with Crippen LogP contribution in [0.15, 0.2) is 23.1 Å². The molecule has 0 heterocycles. The molecule has 1 rings (SSSR count). The van der Waals surface area contributed by atoms with Crippen molar-refractivity contribution in [2.24, 2.45) is 0 Å². The first-order chi connectivity index (χ1) is 9.10. The van der Waals surface area contributed by atoms with Crippen LogP contribution in [0.2, 0.25) is 0 Å². The Kier molecular flexibility index (Phi) is 5.01. The van der Waals surface area contributed by atoms with Crippen LogP contribution < -0.4 is 15.2 Å². The summed E-state index contributed by atoms with van der Waals surface area (Å²) in [5.74, 6) is 0.295. The van der Waals surface area contributed by atoms with Crippen LogP contribution in [0.25, 0.3) is 0 Å². The van der Waals surface area contributed by atoms with Crippen molar-refractivity contribution in [3.8, 4) is 5.75 Å². The van der Waals surface area contributed by atoms with Crippen LogP contribution >= 0.6 is 0 Å². The van der Waals surface area contributed by atoms with E-state index in [0.29, 0.717) is 18.0 Å². The number of nitrogens with zero attached hydrogens (tertiary/aromatic N) is 1. The number of hydrogen-bond acceptors (Lipinski definition) is 5. The van der Waals surface area contributed by atoms with Crippen molar-refractivity contribution in [2.75, 3.05) is 33.5 Å². The van der Waals surface area contributed by atoms with E-state index in [1.54, 1.807) is 12.1 Å². The molecule has 6 nitrogen and oxygen atoms in total. The highest BCUT2D eigenvalue weighted by Crippen LogP contribution is 2.27. The molecule has 0 unspecified atom stereocenters. The molecule has 0 aliphatic heterocycles. The second-order valence-corrected chi connectivity index (χ2v) is 7.26. The molecule has 0 fully saturated rings. The quantitative estimate of drug-likeness (QED) is 0.763. The summed E-state index contributed by atoms with van der Waals surface area (Å²) in [6.45, 7) is 4.38. The van der Waals surface area contributed by atoms with E-state index in [-0.39, 0.29) is 10.4 Å². The van der Waals surface area contributed by atoms with Crippen molar-refractivity contribution in [2.45, 2.75) is 24.3 Å². The average Bonchev–Trinajstić information content (AvgIpc) is 2.37. The van der Waals surface area contributed by atoms with Crippen molar-refractivity contribution in [3.05, 3.63) is 18.2 Å². The molecule has 0 aliphatic carbocycles. The van der Waals surface area contributed by atoms with Crippen LogP contribution in [0.5, 0.6) is 5.75 Å². The summed E-state index contributed by atoms with van der Waals surface area (Å²) < 4.78 is 31.9. The van der Waals surface area contributed by atoms with Crippen molar-refractivity contribution < 1.29 is 13.2 Å². The molecule has 20 heavy (non-hydrogen) atoms. The van der Waals surface area contributed by atoms with Crippen LogP contribution in [-0.4, -0.2) is 46.6 Å². The largest absolute Gasteiger partial charge is 0.490 e. The monoisotopic (exact) mass is 301 g/mol. The number of ether oxygens (including phenoxy) is 1. The van der Waals surface area contributed by atoms with Gasteiger partial charge >= 0.3 is 0 Å². The van der Waals surface area contributed by atoms with E-state index in [9.17, 15) is 8.42 Å². The Morgan fingerprint density at radius 1 is 1.35 bits per heavy atom. The Balaban J connectivity index is 3.08. The highest BCUT2D eigenvalue weighted by molar-refractivity contribution is 7.89. The SMILES string of the molecule is CNS(=O)(=O)c1cc(N)ccc1OCC(C)(C)N(C)C. The van der Waals surface area contributed by atoms with E-state index in [0.717, 1.165) is 0 Å². The summed E-state index contributed by atoms with van der Waals surface area (Å²) in [5, 5.41) is 0. The lowest BCUT2D eigenvalue weighted by Crippen LogP contribution is -2.43. The van der Waals surface area contributed by atoms with Gasteiger partial charge in [0.15, 0.2) is 0 Å². The van der Waals surface area contributed by atoms with E-state index in [4.69, 9.17) is 10.5 Å². The molecule has 0 atom stereocenters. The van der Waals surface area contributed by atoms with Crippen LogP contribution in [0.3, 0.4) is 0 Å². The zero-order chi connectivity index (χ0) is 15.6. The molecule has 0 saturated heterocycles. The van der Waals surface area contributed by atoms with Crippen molar-refractivity contribution in [1.29, 1.82) is 0 Å². The predicted octanol–water partition coefficient (Wildman–Crippen LogP) is 0.896. The number of likely N-dealkylation sites (N-methyl/N-ethyl adjacent to an activating group) is 1. The molecule has 0 saturated carbocycles. The smallest absolute Gasteiger partial charge is 0.244 e. The van der Waals surface area contributed by atoms with Crippen molar-refractivity contribution in [3.63, 3.8) is 0 Å². The fraction of sp³-hybridized carbons (Fsp3) is 0.538. The van der Waals surface area contributed by atoms with Gasteiger partial charge in [-0.1, -0.05) is 0 Å². The highest BCUT2D eigenvalue weighted by Gasteiger charge is 2.24. The lowest BCUT2D eigenvalue weighted by atomic mass is 10.1. The lowest BCUT2D eigenvalue weighted by molar-refractivity contribution is 0.112. The van der Waals surface area contributed by atoms with Gasteiger partial charge in [-0.05, 0) is 53.2 Å². The molecule has 0 aliphatic rings. The van der Waals surface area contributed by atoms with Crippen LogP contribution in [0, 0.1) is 0 Å². The second-order valence-electron chi connectivity index (χ2n) is 5.41. The Morgan fingerprint density at radius 3 is 2.45 bits per heavy atom. The molecule has 3 N–H and O–H groups in total. The number of rotatable bonds is 6. The number of benzene rings is 1. The minimum atomic E-state index is -3.61. The first-order valence-electron chi connectivity index (χ1n) is 6.23. The molecule has 0 spiro atoms. The van der Waals surface area contributed by atoms with Crippen LogP contribution in [0.1, 0.15) is 13.8 Å². The molecule has 0 radical (unpaired) electrons. The summed E-state index contributed by atoms with van der Waals surface area (Å²) in [6.07, 6.45) is 0. The number of anilines is 1. The molecule has 1 aromatic rings. The van der Waals surface area contributed by atoms with Gasteiger partial charge in [-0.15, -0.1) is 0 Å². The van der Waals surface area contributed by atoms with Gasteiger partial charge in [-0.25, -0.2) is 13.1 Å². The Labute approximate surface area is 121 Å². The van der Waals surface area contributed by atoms with E-state index in [1.807, 2.05) is 32.8 Å². The molecular weight excluding hydrogens is 278 g/mol. The van der Waals surface area contributed by atoms with Gasteiger partial charge in [0, 0.05) is 11.2 Å². The third kappa shape index (κ3) is 3.84. The van der Waals surface area contributed by atoms with Crippen LogP contribution in [-0.2, 0) is 10.0 Å². The van der Waals surface area contributed by atoms with Gasteiger partial charge < -0.3 is 15.4 Å². The Morgan fingerprint density at radius 2 is 1.95 bits per heavy atom. The lowest BCUT2D eigenvalue weighted by Gasteiger charge is -2.32. The zero-order valence-corrected chi connectivity index (χ0v) is 13.4. The number of hydrogen-bond donors (Lipinski definition) is 2. The van der Waals surface area contributed by atoms with Crippen molar-refractivity contribution >= 4 is 15.7 Å². The summed E-state index contributed by atoms with van der Waals surface area (Å²) in [5.41, 5.74) is 5.81.